The molecule has 1 aliphatic heterocycles. The van der Waals surface area contributed by atoms with Gasteiger partial charge >= 0.3 is 6.16 Å². The third-order valence-corrected chi connectivity index (χ3v) is 1.46. The number of hydrogen-bond donors (Lipinski definition) is 0. The van der Waals surface area contributed by atoms with Crippen molar-refractivity contribution in [1.29, 1.82) is 0 Å². The van der Waals surface area contributed by atoms with Crippen molar-refractivity contribution in [2.75, 3.05) is 0 Å². The minimum absolute atomic E-state index is 0.0822. The first-order valence-corrected chi connectivity index (χ1v) is 3.28. The van der Waals surface area contributed by atoms with E-state index in [2.05, 4.69) is 4.74 Å². The molecule has 10 heavy (non-hydrogen) atoms. The molecule has 0 aromatic heterocycles. The lowest BCUT2D eigenvalue weighted by Gasteiger charge is -2.19. The molecule has 0 aromatic carbocycles. The lowest BCUT2D eigenvalue weighted by molar-refractivity contribution is 0.0417. The third-order valence-electron chi connectivity index (χ3n) is 1.46. The number of carbonyl (C=O) groups is 1. The van der Waals surface area contributed by atoms with Gasteiger partial charge in [0.15, 0.2) is 0 Å². The van der Waals surface area contributed by atoms with Crippen LogP contribution >= 0.6 is 0 Å². The number of ether oxygens (including phenoxy) is 2. The monoisotopic (exact) mass is 142 g/mol. The fraction of sp³-hybridized carbons (Fsp3) is 0.571. The molecule has 1 heterocycles. The third kappa shape index (κ3) is 1.29. The van der Waals surface area contributed by atoms with Gasteiger partial charge in [-0.05, 0) is 13.3 Å². The van der Waals surface area contributed by atoms with E-state index in [0.717, 1.165) is 12.0 Å². The standard InChI is InChI=1S/C7H10O3/c1-3-6-5(2)4-9-7(8)10-6/h4,6H,3H2,1-2H3. The van der Waals surface area contributed by atoms with Crippen molar-refractivity contribution >= 4 is 6.16 Å². The van der Waals surface area contributed by atoms with E-state index in [1.54, 1.807) is 0 Å². The van der Waals surface area contributed by atoms with Crippen LogP contribution in [0, 0.1) is 0 Å². The first kappa shape index (κ1) is 7.12. The lowest BCUT2D eigenvalue weighted by atomic mass is 10.1. The Morgan fingerprint density at radius 3 is 2.90 bits per heavy atom. The van der Waals surface area contributed by atoms with E-state index in [9.17, 15) is 4.79 Å². The average molecular weight is 142 g/mol. The van der Waals surface area contributed by atoms with Gasteiger partial charge in [0.25, 0.3) is 0 Å². The highest BCUT2D eigenvalue weighted by atomic mass is 16.7. The lowest BCUT2D eigenvalue weighted by Crippen LogP contribution is -2.22. The van der Waals surface area contributed by atoms with Crippen LogP contribution in [0.4, 0.5) is 4.79 Å². The number of rotatable bonds is 1. The molecule has 0 amide bonds. The Hall–Kier alpha value is -0.990. The van der Waals surface area contributed by atoms with Crippen LogP contribution in [0.1, 0.15) is 20.3 Å². The maximum atomic E-state index is 10.5. The molecule has 0 saturated heterocycles. The molecule has 1 aliphatic rings. The van der Waals surface area contributed by atoms with Crippen LogP contribution in [0.3, 0.4) is 0 Å². The summed E-state index contributed by atoms with van der Waals surface area (Å²) < 4.78 is 9.32. The van der Waals surface area contributed by atoms with Crippen LogP contribution < -0.4 is 0 Å². The zero-order chi connectivity index (χ0) is 7.56. The van der Waals surface area contributed by atoms with E-state index in [1.807, 2.05) is 13.8 Å². The molecule has 0 radical (unpaired) electrons. The molecule has 0 aliphatic carbocycles. The van der Waals surface area contributed by atoms with E-state index >= 15 is 0 Å². The largest absolute Gasteiger partial charge is 0.513 e. The van der Waals surface area contributed by atoms with Crippen molar-refractivity contribution < 1.29 is 14.3 Å². The Labute approximate surface area is 59.6 Å². The molecule has 0 saturated carbocycles. The van der Waals surface area contributed by atoms with Crippen molar-refractivity contribution in [3.8, 4) is 0 Å². The zero-order valence-corrected chi connectivity index (χ0v) is 6.09. The molecule has 1 unspecified atom stereocenters. The highest BCUT2D eigenvalue weighted by molar-refractivity contribution is 5.62. The van der Waals surface area contributed by atoms with Gasteiger partial charge in [-0.2, -0.15) is 0 Å². The van der Waals surface area contributed by atoms with Gasteiger partial charge in [-0.1, -0.05) is 6.92 Å². The van der Waals surface area contributed by atoms with Gasteiger partial charge in [0.2, 0.25) is 0 Å². The summed E-state index contributed by atoms with van der Waals surface area (Å²) in [5.41, 5.74) is 0.960. The van der Waals surface area contributed by atoms with Gasteiger partial charge in [0.05, 0.1) is 0 Å². The average Bonchev–Trinajstić information content (AvgIpc) is 1.94. The Morgan fingerprint density at radius 2 is 2.40 bits per heavy atom. The predicted molar refractivity (Wildman–Crippen MR) is 35.4 cm³/mol. The predicted octanol–water partition coefficient (Wildman–Crippen LogP) is 1.84. The number of carbonyl (C=O) groups excluding carboxylic acids is 1. The van der Waals surface area contributed by atoms with Crippen LogP contribution in [0.2, 0.25) is 0 Å². The highest BCUT2D eigenvalue weighted by Crippen LogP contribution is 2.15. The van der Waals surface area contributed by atoms with Crippen molar-refractivity contribution in [2.24, 2.45) is 0 Å². The summed E-state index contributed by atoms with van der Waals surface area (Å²) in [5, 5.41) is 0. The molecular formula is C7H10O3. The Bertz CT molecular complexity index is 172. The molecule has 3 nitrogen and oxygen atoms in total. The fourth-order valence-electron chi connectivity index (χ4n) is 0.859. The Morgan fingerprint density at radius 1 is 1.70 bits per heavy atom. The van der Waals surface area contributed by atoms with Crippen molar-refractivity contribution in [2.45, 2.75) is 26.4 Å². The molecule has 56 valence electrons. The second kappa shape index (κ2) is 2.73. The maximum Gasteiger partial charge on any atom is 0.513 e. The molecule has 0 spiro atoms. The van der Waals surface area contributed by atoms with Gasteiger partial charge in [0, 0.05) is 5.57 Å². The Balaban J connectivity index is 2.65. The van der Waals surface area contributed by atoms with Crippen LogP contribution in [-0.4, -0.2) is 12.3 Å². The second-order valence-corrected chi connectivity index (χ2v) is 2.24. The minimum Gasteiger partial charge on any atom is -0.426 e. The fourth-order valence-corrected chi connectivity index (χ4v) is 0.859. The molecule has 1 atom stereocenters. The van der Waals surface area contributed by atoms with Gasteiger partial charge in [-0.3, -0.25) is 0 Å². The van der Waals surface area contributed by atoms with Crippen LogP contribution in [0.25, 0.3) is 0 Å². The SMILES string of the molecule is CCC1OC(=O)OC=C1C. The van der Waals surface area contributed by atoms with Gasteiger partial charge in [-0.15, -0.1) is 0 Å². The van der Waals surface area contributed by atoms with Gasteiger partial charge < -0.3 is 9.47 Å². The smallest absolute Gasteiger partial charge is 0.426 e. The first-order chi connectivity index (χ1) is 4.74. The van der Waals surface area contributed by atoms with Crippen molar-refractivity contribution in [1.82, 2.24) is 0 Å². The summed E-state index contributed by atoms with van der Waals surface area (Å²) in [6.45, 7) is 3.83. The molecule has 3 heteroatoms. The molecule has 0 bridgehead atoms. The summed E-state index contributed by atoms with van der Waals surface area (Å²) in [7, 11) is 0. The molecule has 1 rings (SSSR count). The van der Waals surface area contributed by atoms with Crippen molar-refractivity contribution in [3.05, 3.63) is 11.8 Å². The van der Waals surface area contributed by atoms with E-state index in [4.69, 9.17) is 4.74 Å². The minimum atomic E-state index is -0.600. The summed E-state index contributed by atoms with van der Waals surface area (Å²) in [5.74, 6) is 0. The Kier molecular flexibility index (Phi) is 1.94. The van der Waals surface area contributed by atoms with E-state index in [0.29, 0.717) is 0 Å². The van der Waals surface area contributed by atoms with Crippen LogP contribution in [0.15, 0.2) is 11.8 Å². The summed E-state index contributed by atoms with van der Waals surface area (Å²) in [6, 6.07) is 0. The first-order valence-electron chi connectivity index (χ1n) is 3.28. The number of hydrogen-bond acceptors (Lipinski definition) is 3. The topological polar surface area (TPSA) is 35.5 Å². The summed E-state index contributed by atoms with van der Waals surface area (Å²) >= 11 is 0. The normalized spacial score (nSPS) is 24.8. The molecule has 0 N–H and O–H groups in total. The van der Waals surface area contributed by atoms with Gasteiger partial charge in [0.1, 0.15) is 12.4 Å². The van der Waals surface area contributed by atoms with Gasteiger partial charge in [-0.25, -0.2) is 4.79 Å². The molecule has 0 fully saturated rings. The second-order valence-electron chi connectivity index (χ2n) is 2.24. The molecular weight excluding hydrogens is 132 g/mol. The van der Waals surface area contributed by atoms with Crippen molar-refractivity contribution in [3.63, 3.8) is 0 Å². The van der Waals surface area contributed by atoms with E-state index in [-0.39, 0.29) is 6.10 Å². The van der Waals surface area contributed by atoms with E-state index in [1.165, 1.54) is 6.26 Å². The summed E-state index contributed by atoms with van der Waals surface area (Å²) in [6.07, 6.45) is 1.57. The number of cyclic esters (lactones) is 2. The highest BCUT2D eigenvalue weighted by Gasteiger charge is 2.19. The van der Waals surface area contributed by atoms with Crippen LogP contribution in [-0.2, 0) is 9.47 Å². The molecule has 0 aromatic rings. The van der Waals surface area contributed by atoms with E-state index < -0.39 is 6.16 Å². The zero-order valence-electron chi connectivity index (χ0n) is 6.09. The maximum absolute atomic E-state index is 10.5. The quantitative estimate of drug-likeness (QED) is 0.524. The summed E-state index contributed by atoms with van der Waals surface area (Å²) in [4.78, 5) is 10.5. The van der Waals surface area contributed by atoms with Crippen LogP contribution in [0.5, 0.6) is 0 Å².